The summed E-state index contributed by atoms with van der Waals surface area (Å²) in [5.74, 6) is -0.769. The number of halogens is 1. The number of benzene rings is 2. The van der Waals surface area contributed by atoms with Gasteiger partial charge in [0, 0.05) is 13.1 Å². The normalized spacial score (nSPS) is 21.6. The molecule has 0 aromatic heterocycles. The van der Waals surface area contributed by atoms with Crippen LogP contribution in [0.15, 0.2) is 59.5 Å². The Morgan fingerprint density at radius 3 is 2.24 bits per heavy atom. The highest BCUT2D eigenvalue weighted by Crippen LogP contribution is 2.31. The van der Waals surface area contributed by atoms with E-state index in [0.717, 1.165) is 12.1 Å². The van der Waals surface area contributed by atoms with E-state index in [1.165, 1.54) is 16.4 Å². The second kappa shape index (κ2) is 6.86. The van der Waals surface area contributed by atoms with Crippen molar-refractivity contribution < 1.29 is 21.2 Å². The maximum atomic E-state index is 13.0. The third-order valence-corrected chi connectivity index (χ3v) is 8.36. The molecule has 0 bridgehead atoms. The molecule has 2 aromatic carbocycles. The van der Waals surface area contributed by atoms with Gasteiger partial charge in [-0.2, -0.15) is 4.31 Å². The molecular formula is C17H18FNO4S2. The predicted octanol–water partition coefficient (Wildman–Crippen LogP) is 2.38. The van der Waals surface area contributed by atoms with Gasteiger partial charge in [-0.25, -0.2) is 21.2 Å². The van der Waals surface area contributed by atoms with E-state index in [4.69, 9.17) is 0 Å². The molecule has 1 aliphatic heterocycles. The summed E-state index contributed by atoms with van der Waals surface area (Å²) in [6, 6.07) is 13.4. The highest BCUT2D eigenvalue weighted by atomic mass is 32.2. The third-order valence-electron chi connectivity index (χ3n) is 4.32. The largest absolute Gasteiger partial charge is 0.243 e. The van der Waals surface area contributed by atoms with Crippen molar-refractivity contribution in [1.29, 1.82) is 0 Å². The molecule has 2 aromatic rings. The van der Waals surface area contributed by atoms with Crippen LogP contribution in [0.2, 0.25) is 0 Å². The Hall–Kier alpha value is -1.77. The Labute approximate surface area is 147 Å². The Kier molecular flexibility index (Phi) is 4.95. The zero-order valence-corrected chi connectivity index (χ0v) is 15.0. The van der Waals surface area contributed by atoms with E-state index in [-0.39, 0.29) is 30.2 Å². The molecular weight excluding hydrogens is 365 g/mol. The highest BCUT2D eigenvalue weighted by Gasteiger charge is 2.35. The van der Waals surface area contributed by atoms with Crippen molar-refractivity contribution in [1.82, 2.24) is 4.31 Å². The van der Waals surface area contributed by atoms with Crippen molar-refractivity contribution >= 4 is 19.9 Å². The van der Waals surface area contributed by atoms with Gasteiger partial charge >= 0.3 is 0 Å². The third kappa shape index (κ3) is 3.75. The van der Waals surface area contributed by atoms with Crippen molar-refractivity contribution in [2.45, 2.75) is 16.6 Å². The van der Waals surface area contributed by atoms with Gasteiger partial charge in [-0.3, -0.25) is 0 Å². The zero-order chi connectivity index (χ0) is 18.1. The summed E-state index contributed by atoms with van der Waals surface area (Å²) in [5.41, 5.74) is 0.670. The lowest BCUT2D eigenvalue weighted by Gasteiger charge is -2.19. The molecule has 25 heavy (non-hydrogen) atoms. The van der Waals surface area contributed by atoms with E-state index in [2.05, 4.69) is 0 Å². The van der Waals surface area contributed by atoms with Gasteiger partial charge in [-0.05, 0) is 36.2 Å². The van der Waals surface area contributed by atoms with E-state index >= 15 is 0 Å². The second-order valence-electron chi connectivity index (χ2n) is 5.91. The molecule has 8 heteroatoms. The van der Waals surface area contributed by atoms with E-state index in [9.17, 15) is 21.2 Å². The van der Waals surface area contributed by atoms with Crippen LogP contribution in [0.5, 0.6) is 0 Å². The van der Waals surface area contributed by atoms with E-state index in [1.54, 1.807) is 30.3 Å². The van der Waals surface area contributed by atoms with Crippen LogP contribution in [-0.2, 0) is 19.9 Å². The summed E-state index contributed by atoms with van der Waals surface area (Å²) in [6.07, 6.45) is 0.187. The summed E-state index contributed by atoms with van der Waals surface area (Å²) in [4.78, 5) is -0.0375. The van der Waals surface area contributed by atoms with Crippen LogP contribution < -0.4 is 0 Å². The second-order valence-corrected chi connectivity index (χ2v) is 10.2. The standard InChI is InChI=1S/C17H18FNO4S2/c18-15-6-8-16(9-7-15)25(22,23)19-11-10-17(24(20,21)13-12-19)14-4-2-1-3-5-14/h1-9,17H,10-13H2. The molecule has 1 saturated heterocycles. The molecule has 1 fully saturated rings. The van der Waals surface area contributed by atoms with Crippen LogP contribution in [0, 0.1) is 5.82 Å². The van der Waals surface area contributed by atoms with Gasteiger partial charge < -0.3 is 0 Å². The number of nitrogens with zero attached hydrogens (tertiary/aromatic N) is 1. The van der Waals surface area contributed by atoms with Gasteiger partial charge in [0.15, 0.2) is 9.84 Å². The SMILES string of the molecule is O=S1(=O)CCN(S(=O)(=O)c2ccc(F)cc2)CCC1c1ccccc1. The molecule has 5 nitrogen and oxygen atoms in total. The number of sulfone groups is 1. The fourth-order valence-electron chi connectivity index (χ4n) is 2.96. The molecule has 0 radical (unpaired) electrons. The quantitative estimate of drug-likeness (QED) is 0.816. The first kappa shape index (κ1) is 18.0. The van der Waals surface area contributed by atoms with Crippen LogP contribution in [-0.4, -0.2) is 40.0 Å². The number of hydrogen-bond acceptors (Lipinski definition) is 4. The summed E-state index contributed by atoms with van der Waals surface area (Å²) >= 11 is 0. The maximum absolute atomic E-state index is 13.0. The van der Waals surface area contributed by atoms with Crippen molar-refractivity contribution in [3.63, 3.8) is 0 Å². The molecule has 1 unspecified atom stereocenters. The lowest BCUT2D eigenvalue weighted by molar-refractivity contribution is 0.428. The van der Waals surface area contributed by atoms with Crippen molar-refractivity contribution in [2.24, 2.45) is 0 Å². The van der Waals surface area contributed by atoms with Gasteiger partial charge in [-0.1, -0.05) is 30.3 Å². The average Bonchev–Trinajstić information content (AvgIpc) is 2.74. The van der Waals surface area contributed by atoms with Gasteiger partial charge in [0.25, 0.3) is 0 Å². The zero-order valence-electron chi connectivity index (χ0n) is 13.4. The lowest BCUT2D eigenvalue weighted by atomic mass is 10.1. The Bertz CT molecular complexity index is 942. The molecule has 3 rings (SSSR count). The van der Waals surface area contributed by atoms with E-state index < -0.39 is 30.9 Å². The molecule has 0 saturated carbocycles. The minimum atomic E-state index is -3.86. The Morgan fingerprint density at radius 2 is 1.60 bits per heavy atom. The molecule has 0 aliphatic carbocycles. The number of hydrogen-bond donors (Lipinski definition) is 0. The Balaban J connectivity index is 1.89. The molecule has 0 N–H and O–H groups in total. The maximum Gasteiger partial charge on any atom is 0.243 e. The van der Waals surface area contributed by atoms with Gasteiger partial charge in [0.05, 0.1) is 15.9 Å². The van der Waals surface area contributed by atoms with Gasteiger partial charge in [-0.15, -0.1) is 0 Å². The molecule has 0 spiro atoms. The first-order valence-corrected chi connectivity index (χ1v) is 11.0. The van der Waals surface area contributed by atoms with Crippen molar-refractivity contribution in [3.05, 3.63) is 66.0 Å². The fraction of sp³-hybridized carbons (Fsp3) is 0.294. The Morgan fingerprint density at radius 1 is 0.960 bits per heavy atom. The first-order valence-electron chi connectivity index (χ1n) is 7.83. The average molecular weight is 383 g/mol. The van der Waals surface area contributed by atoms with Crippen LogP contribution in [0.3, 0.4) is 0 Å². The molecule has 1 atom stereocenters. The molecule has 1 aliphatic rings. The molecule has 0 amide bonds. The van der Waals surface area contributed by atoms with Gasteiger partial charge in [0.2, 0.25) is 10.0 Å². The lowest BCUT2D eigenvalue weighted by Crippen LogP contribution is -2.33. The highest BCUT2D eigenvalue weighted by molar-refractivity contribution is 7.92. The summed E-state index contributed by atoms with van der Waals surface area (Å²) in [7, 11) is -7.32. The predicted molar refractivity (Wildman–Crippen MR) is 92.7 cm³/mol. The summed E-state index contributed by atoms with van der Waals surface area (Å²) < 4.78 is 64.8. The van der Waals surface area contributed by atoms with Crippen molar-refractivity contribution in [2.75, 3.05) is 18.8 Å². The van der Waals surface area contributed by atoms with Crippen LogP contribution in [0.4, 0.5) is 4.39 Å². The molecule has 1 heterocycles. The topological polar surface area (TPSA) is 71.5 Å². The molecule has 134 valence electrons. The monoisotopic (exact) mass is 383 g/mol. The fourth-order valence-corrected chi connectivity index (χ4v) is 6.33. The van der Waals surface area contributed by atoms with Gasteiger partial charge in [0.1, 0.15) is 5.82 Å². The van der Waals surface area contributed by atoms with Crippen LogP contribution >= 0.6 is 0 Å². The van der Waals surface area contributed by atoms with Crippen LogP contribution in [0.1, 0.15) is 17.2 Å². The smallest absolute Gasteiger partial charge is 0.228 e. The van der Waals surface area contributed by atoms with E-state index in [0.29, 0.717) is 5.56 Å². The summed E-state index contributed by atoms with van der Waals surface area (Å²) in [5, 5.41) is -0.720. The minimum Gasteiger partial charge on any atom is -0.228 e. The minimum absolute atomic E-state index is 0.0375. The number of rotatable bonds is 3. The summed E-state index contributed by atoms with van der Waals surface area (Å²) in [6.45, 7) is -0.0100. The first-order chi connectivity index (χ1) is 11.8. The number of sulfonamides is 1. The van der Waals surface area contributed by atoms with Crippen molar-refractivity contribution in [3.8, 4) is 0 Å². The van der Waals surface area contributed by atoms with Crippen LogP contribution in [0.25, 0.3) is 0 Å². The van der Waals surface area contributed by atoms with E-state index in [1.807, 2.05) is 0 Å².